The molecule has 24 heavy (non-hydrogen) atoms. The zero-order chi connectivity index (χ0) is 17.4. The van der Waals surface area contributed by atoms with Crippen LogP contribution in [0.25, 0.3) is 11.3 Å². The van der Waals surface area contributed by atoms with Gasteiger partial charge in [0.1, 0.15) is 0 Å². The lowest BCUT2D eigenvalue weighted by Gasteiger charge is -2.46. The molecule has 5 nitrogen and oxygen atoms in total. The van der Waals surface area contributed by atoms with E-state index in [-0.39, 0.29) is 23.0 Å². The van der Waals surface area contributed by atoms with Crippen LogP contribution in [0.4, 0.5) is 0 Å². The van der Waals surface area contributed by atoms with Crippen LogP contribution in [0.3, 0.4) is 0 Å². The summed E-state index contributed by atoms with van der Waals surface area (Å²) in [5.41, 5.74) is 1.20. The van der Waals surface area contributed by atoms with Gasteiger partial charge in [-0.1, -0.05) is 35.5 Å². The smallest absolute Gasteiger partial charge is 0.273 e. The lowest BCUT2D eigenvalue weighted by Crippen LogP contribution is -2.62. The third kappa shape index (κ3) is 3.85. The Morgan fingerprint density at radius 3 is 2.42 bits per heavy atom. The SMILES string of the molecule is CC1(C)CC(NC(=O)c2cc(-c3ccccc3)on2)CC(C)(C)N1. The summed E-state index contributed by atoms with van der Waals surface area (Å²) in [4.78, 5) is 12.5. The number of rotatable bonds is 3. The van der Waals surface area contributed by atoms with Crippen LogP contribution in [0.5, 0.6) is 0 Å². The molecule has 5 heteroatoms. The van der Waals surface area contributed by atoms with E-state index in [1.165, 1.54) is 0 Å². The summed E-state index contributed by atoms with van der Waals surface area (Å²) in [6, 6.07) is 11.5. The fourth-order valence-corrected chi connectivity index (χ4v) is 3.80. The van der Waals surface area contributed by atoms with Gasteiger partial charge in [0.2, 0.25) is 0 Å². The Bertz CT molecular complexity index is 703. The average Bonchev–Trinajstić information content (AvgIpc) is 2.94. The number of nitrogens with one attached hydrogen (secondary N) is 2. The van der Waals surface area contributed by atoms with Crippen LogP contribution >= 0.6 is 0 Å². The van der Waals surface area contributed by atoms with E-state index in [0.717, 1.165) is 18.4 Å². The molecule has 1 aromatic carbocycles. The summed E-state index contributed by atoms with van der Waals surface area (Å²) in [5.74, 6) is 0.422. The van der Waals surface area contributed by atoms with Gasteiger partial charge in [-0.25, -0.2) is 0 Å². The number of carbonyl (C=O) groups is 1. The highest BCUT2D eigenvalue weighted by Gasteiger charge is 2.38. The summed E-state index contributed by atoms with van der Waals surface area (Å²) >= 11 is 0. The molecule has 1 aliphatic heterocycles. The van der Waals surface area contributed by atoms with Crippen molar-refractivity contribution in [3.05, 3.63) is 42.1 Å². The second kappa shape index (κ2) is 6.06. The number of nitrogens with zero attached hydrogens (tertiary/aromatic N) is 1. The zero-order valence-electron chi connectivity index (χ0n) is 14.7. The number of hydrogen-bond acceptors (Lipinski definition) is 4. The molecule has 1 saturated heterocycles. The third-order valence-corrected chi connectivity index (χ3v) is 4.33. The summed E-state index contributed by atoms with van der Waals surface area (Å²) in [7, 11) is 0. The molecule has 1 amide bonds. The first-order chi connectivity index (χ1) is 11.2. The van der Waals surface area contributed by atoms with E-state index in [0.29, 0.717) is 11.5 Å². The van der Waals surface area contributed by atoms with Crippen LogP contribution in [0, 0.1) is 0 Å². The molecule has 0 bridgehead atoms. The molecule has 0 spiro atoms. The molecule has 0 radical (unpaired) electrons. The van der Waals surface area contributed by atoms with Crippen LogP contribution in [0.15, 0.2) is 40.9 Å². The summed E-state index contributed by atoms with van der Waals surface area (Å²) in [6.45, 7) is 8.65. The highest BCUT2D eigenvalue weighted by molar-refractivity contribution is 5.93. The maximum atomic E-state index is 12.5. The maximum Gasteiger partial charge on any atom is 0.273 e. The Hall–Kier alpha value is -2.14. The Morgan fingerprint density at radius 1 is 1.17 bits per heavy atom. The van der Waals surface area contributed by atoms with E-state index in [2.05, 4.69) is 43.5 Å². The molecule has 0 atom stereocenters. The standard InChI is InChI=1S/C19H25N3O2/c1-18(2)11-14(12-19(3,4)22-18)20-17(23)15-10-16(24-21-15)13-8-6-5-7-9-13/h5-10,14,22H,11-12H2,1-4H3,(H,20,23). The topological polar surface area (TPSA) is 67.2 Å². The lowest BCUT2D eigenvalue weighted by molar-refractivity contribution is 0.0864. The van der Waals surface area contributed by atoms with Gasteiger partial charge in [0, 0.05) is 28.7 Å². The molecule has 3 rings (SSSR count). The molecular formula is C19H25N3O2. The molecule has 0 unspecified atom stereocenters. The summed E-state index contributed by atoms with van der Waals surface area (Å²) < 4.78 is 5.32. The Balaban J connectivity index is 1.70. The van der Waals surface area contributed by atoms with Crippen molar-refractivity contribution in [3.8, 4) is 11.3 Å². The van der Waals surface area contributed by atoms with Crippen molar-refractivity contribution in [1.29, 1.82) is 0 Å². The first kappa shape index (κ1) is 16.7. The van der Waals surface area contributed by atoms with Gasteiger partial charge in [0.15, 0.2) is 11.5 Å². The van der Waals surface area contributed by atoms with E-state index < -0.39 is 0 Å². The predicted molar refractivity (Wildman–Crippen MR) is 93.7 cm³/mol. The van der Waals surface area contributed by atoms with Crippen LogP contribution < -0.4 is 10.6 Å². The van der Waals surface area contributed by atoms with Crippen molar-refractivity contribution in [2.75, 3.05) is 0 Å². The Morgan fingerprint density at radius 2 is 1.79 bits per heavy atom. The molecule has 1 fully saturated rings. The average molecular weight is 327 g/mol. The summed E-state index contributed by atoms with van der Waals surface area (Å²) in [6.07, 6.45) is 1.76. The van der Waals surface area contributed by atoms with E-state index in [1.54, 1.807) is 6.07 Å². The lowest BCUT2D eigenvalue weighted by atomic mass is 9.79. The third-order valence-electron chi connectivity index (χ3n) is 4.33. The van der Waals surface area contributed by atoms with Gasteiger partial charge in [-0.15, -0.1) is 0 Å². The van der Waals surface area contributed by atoms with Crippen molar-refractivity contribution in [2.24, 2.45) is 0 Å². The van der Waals surface area contributed by atoms with Gasteiger partial charge >= 0.3 is 0 Å². The summed E-state index contributed by atoms with van der Waals surface area (Å²) in [5, 5.41) is 10.7. The van der Waals surface area contributed by atoms with Gasteiger partial charge in [-0.3, -0.25) is 4.79 Å². The first-order valence-electron chi connectivity index (χ1n) is 8.36. The second-order valence-corrected chi connectivity index (χ2v) is 7.91. The first-order valence-corrected chi connectivity index (χ1v) is 8.36. The fraction of sp³-hybridized carbons (Fsp3) is 0.474. The van der Waals surface area contributed by atoms with Crippen LogP contribution in [0.2, 0.25) is 0 Å². The van der Waals surface area contributed by atoms with Gasteiger partial charge in [-0.05, 0) is 40.5 Å². The number of piperidine rings is 1. The number of benzene rings is 1. The van der Waals surface area contributed by atoms with Crippen LogP contribution in [-0.4, -0.2) is 28.2 Å². The van der Waals surface area contributed by atoms with Crippen molar-refractivity contribution in [3.63, 3.8) is 0 Å². The van der Waals surface area contributed by atoms with Crippen molar-refractivity contribution < 1.29 is 9.32 Å². The number of carbonyl (C=O) groups excluding carboxylic acids is 1. The molecule has 1 aliphatic rings. The highest BCUT2D eigenvalue weighted by Crippen LogP contribution is 2.28. The maximum absolute atomic E-state index is 12.5. The van der Waals surface area contributed by atoms with Crippen molar-refractivity contribution in [1.82, 2.24) is 15.8 Å². The van der Waals surface area contributed by atoms with Gasteiger partial charge in [0.05, 0.1) is 0 Å². The van der Waals surface area contributed by atoms with E-state index in [4.69, 9.17) is 4.52 Å². The van der Waals surface area contributed by atoms with Gasteiger partial charge in [0.25, 0.3) is 5.91 Å². The second-order valence-electron chi connectivity index (χ2n) is 7.91. The molecule has 128 valence electrons. The van der Waals surface area contributed by atoms with Crippen LogP contribution in [0.1, 0.15) is 51.0 Å². The monoisotopic (exact) mass is 327 g/mol. The molecule has 2 heterocycles. The molecule has 2 aromatic rings. The minimum Gasteiger partial charge on any atom is -0.355 e. The van der Waals surface area contributed by atoms with E-state index in [9.17, 15) is 4.79 Å². The quantitative estimate of drug-likeness (QED) is 0.907. The molecule has 0 saturated carbocycles. The van der Waals surface area contributed by atoms with Crippen molar-refractivity contribution >= 4 is 5.91 Å². The number of aromatic nitrogens is 1. The Labute approximate surface area is 142 Å². The van der Waals surface area contributed by atoms with E-state index >= 15 is 0 Å². The number of amides is 1. The van der Waals surface area contributed by atoms with Crippen LogP contribution in [-0.2, 0) is 0 Å². The molecule has 1 aromatic heterocycles. The minimum atomic E-state index is -0.181. The van der Waals surface area contributed by atoms with Gasteiger partial charge < -0.3 is 15.2 Å². The van der Waals surface area contributed by atoms with Crippen molar-refractivity contribution in [2.45, 2.75) is 57.7 Å². The molecule has 0 aliphatic carbocycles. The largest absolute Gasteiger partial charge is 0.355 e. The fourth-order valence-electron chi connectivity index (χ4n) is 3.80. The predicted octanol–water partition coefficient (Wildman–Crippen LogP) is 3.38. The molecule has 2 N–H and O–H groups in total. The highest BCUT2D eigenvalue weighted by atomic mass is 16.5. The normalized spacial score (nSPS) is 19.8. The van der Waals surface area contributed by atoms with Gasteiger partial charge in [-0.2, -0.15) is 0 Å². The minimum absolute atomic E-state index is 0.0152. The Kier molecular flexibility index (Phi) is 4.22. The molecular weight excluding hydrogens is 302 g/mol. The zero-order valence-corrected chi connectivity index (χ0v) is 14.7. The number of hydrogen-bond donors (Lipinski definition) is 2. The van der Waals surface area contributed by atoms with E-state index in [1.807, 2.05) is 30.3 Å².